The van der Waals surface area contributed by atoms with Gasteiger partial charge in [0.25, 0.3) is 15.9 Å². The van der Waals surface area contributed by atoms with Crippen LogP contribution in [0, 0.1) is 0 Å². The Hall–Kier alpha value is -2.72. The van der Waals surface area contributed by atoms with Gasteiger partial charge in [-0.15, -0.1) is 0 Å². The van der Waals surface area contributed by atoms with Crippen LogP contribution in [0.4, 0.5) is 5.69 Å². The van der Waals surface area contributed by atoms with E-state index >= 15 is 0 Å². The number of carbonyl (C=O) groups excluding carboxylic acids is 1. The molecule has 0 unspecified atom stereocenters. The number of amides is 1. The van der Waals surface area contributed by atoms with Gasteiger partial charge in [-0.1, -0.05) is 11.8 Å². The Bertz CT molecular complexity index is 1010. The zero-order valence-corrected chi connectivity index (χ0v) is 18.3. The molecule has 1 amide bonds. The maximum atomic E-state index is 12.9. The first-order valence-corrected chi connectivity index (χ1v) is 11.7. The normalized spacial score (nSPS) is 13.5. The van der Waals surface area contributed by atoms with Crippen molar-refractivity contribution >= 4 is 38.5 Å². The molecule has 0 saturated heterocycles. The van der Waals surface area contributed by atoms with E-state index in [-0.39, 0.29) is 17.4 Å². The van der Waals surface area contributed by atoms with Crippen LogP contribution in [0.1, 0.15) is 6.92 Å². The molecule has 2 aromatic rings. The summed E-state index contributed by atoms with van der Waals surface area (Å²) in [5, 5.41) is 3.29. The Morgan fingerprint density at radius 1 is 1.10 bits per heavy atom. The molecule has 1 N–H and O–H groups in total. The zero-order chi connectivity index (χ0) is 21.6. The molecule has 0 bridgehead atoms. The van der Waals surface area contributed by atoms with Gasteiger partial charge in [-0.3, -0.25) is 14.1 Å². The Kier molecular flexibility index (Phi) is 7.22. The highest BCUT2D eigenvalue weighted by atomic mass is 32.2. The number of thioether (sulfide) groups is 1. The molecule has 0 saturated carbocycles. The Morgan fingerprint density at radius 3 is 2.33 bits per heavy atom. The van der Waals surface area contributed by atoms with Crippen LogP contribution in [0.5, 0.6) is 11.5 Å². The summed E-state index contributed by atoms with van der Waals surface area (Å²) in [6.45, 7) is 2.92. The number of rotatable bonds is 8. The summed E-state index contributed by atoms with van der Waals surface area (Å²) < 4.78 is 37.7. The summed E-state index contributed by atoms with van der Waals surface area (Å²) >= 11 is 1.49. The highest BCUT2D eigenvalue weighted by Gasteiger charge is 2.21. The maximum Gasteiger partial charge on any atom is 0.264 e. The fourth-order valence-electron chi connectivity index (χ4n) is 2.64. The van der Waals surface area contributed by atoms with Crippen molar-refractivity contribution in [3.8, 4) is 11.5 Å². The van der Waals surface area contributed by atoms with Crippen LogP contribution in [0.25, 0.3) is 0 Å². The van der Waals surface area contributed by atoms with E-state index < -0.39 is 10.0 Å². The summed E-state index contributed by atoms with van der Waals surface area (Å²) in [5.74, 6) is 1.65. The topological polar surface area (TPSA) is 97.3 Å². The molecule has 8 nitrogen and oxygen atoms in total. The van der Waals surface area contributed by atoms with E-state index in [1.165, 1.54) is 35.2 Å². The number of hydrogen-bond donors (Lipinski definition) is 1. The lowest BCUT2D eigenvalue weighted by Gasteiger charge is -2.20. The van der Waals surface area contributed by atoms with Crippen molar-refractivity contribution in [2.45, 2.75) is 11.8 Å². The number of benzene rings is 2. The van der Waals surface area contributed by atoms with E-state index in [1.54, 1.807) is 36.4 Å². The predicted molar refractivity (Wildman–Crippen MR) is 118 cm³/mol. The molecule has 0 atom stereocenters. The molecular weight excluding hydrogens is 426 g/mol. The first-order valence-electron chi connectivity index (χ1n) is 9.32. The molecule has 30 heavy (non-hydrogen) atoms. The van der Waals surface area contributed by atoms with Gasteiger partial charge in [0.15, 0.2) is 11.8 Å². The molecule has 3 rings (SSSR count). The third kappa shape index (κ3) is 5.45. The van der Waals surface area contributed by atoms with Gasteiger partial charge in [-0.25, -0.2) is 8.42 Å². The molecule has 160 valence electrons. The number of hydrogen-bond acceptors (Lipinski definition) is 7. The minimum atomic E-state index is -3.72. The van der Waals surface area contributed by atoms with Crippen LogP contribution in [0.2, 0.25) is 0 Å². The van der Waals surface area contributed by atoms with Crippen LogP contribution in [-0.2, 0) is 14.8 Å². The van der Waals surface area contributed by atoms with Gasteiger partial charge in [-0.05, 0) is 55.5 Å². The Labute approximate surface area is 180 Å². The molecule has 0 spiro atoms. The van der Waals surface area contributed by atoms with Crippen LogP contribution < -0.4 is 19.1 Å². The zero-order valence-electron chi connectivity index (χ0n) is 16.7. The van der Waals surface area contributed by atoms with Crippen molar-refractivity contribution < 1.29 is 22.7 Å². The fourth-order valence-corrected chi connectivity index (χ4v) is 4.58. The summed E-state index contributed by atoms with van der Waals surface area (Å²) in [6.07, 6.45) is 0. The molecule has 1 aliphatic heterocycles. The van der Waals surface area contributed by atoms with Crippen LogP contribution in [-0.4, -0.2) is 52.1 Å². The molecule has 0 radical (unpaired) electrons. The van der Waals surface area contributed by atoms with E-state index in [2.05, 4.69) is 10.3 Å². The molecule has 10 heteroatoms. The van der Waals surface area contributed by atoms with Crippen molar-refractivity contribution in [1.82, 2.24) is 5.32 Å². The first kappa shape index (κ1) is 22.0. The lowest BCUT2D eigenvalue weighted by molar-refractivity contribution is -0.121. The van der Waals surface area contributed by atoms with Gasteiger partial charge >= 0.3 is 0 Å². The molecule has 1 aliphatic rings. The number of nitrogens with zero attached hydrogens (tertiary/aromatic N) is 2. The minimum absolute atomic E-state index is 0.154. The predicted octanol–water partition coefficient (Wildman–Crippen LogP) is 2.51. The lowest BCUT2D eigenvalue weighted by Crippen LogP contribution is -2.32. The second-order valence-electron chi connectivity index (χ2n) is 6.24. The van der Waals surface area contributed by atoms with Crippen LogP contribution >= 0.6 is 11.8 Å². The first-order chi connectivity index (χ1) is 14.4. The quantitative estimate of drug-likeness (QED) is 0.665. The Morgan fingerprint density at radius 2 is 1.73 bits per heavy atom. The fraction of sp³-hybridized carbons (Fsp3) is 0.300. The number of ether oxygens (including phenoxy) is 2. The van der Waals surface area contributed by atoms with Gasteiger partial charge < -0.3 is 14.8 Å². The molecule has 2 aromatic carbocycles. The summed E-state index contributed by atoms with van der Waals surface area (Å²) in [5.41, 5.74) is 0.470. The molecule has 1 heterocycles. The van der Waals surface area contributed by atoms with Crippen molar-refractivity contribution in [1.29, 1.82) is 0 Å². The number of carbonyl (C=O) groups is 1. The standard InChI is InChI=1S/C20H23N3O5S2/c1-3-27-16-8-10-18(11-9-16)30(25,26)23(2)15-4-6-17(7-5-15)28-14-19(24)22-20-21-12-13-29-20/h4-11H,3,12-14H2,1-2H3,(H,21,22,24). The van der Waals surface area contributed by atoms with Crippen LogP contribution in [0.3, 0.4) is 0 Å². The smallest absolute Gasteiger partial charge is 0.264 e. The van der Waals surface area contributed by atoms with Gasteiger partial charge in [0.1, 0.15) is 11.5 Å². The average molecular weight is 450 g/mol. The van der Waals surface area contributed by atoms with E-state index in [9.17, 15) is 13.2 Å². The number of aliphatic imine (C=N–C) groups is 1. The summed E-state index contributed by atoms with van der Waals surface area (Å²) in [6, 6.07) is 12.8. The maximum absolute atomic E-state index is 12.9. The average Bonchev–Trinajstić information content (AvgIpc) is 3.26. The van der Waals surface area contributed by atoms with E-state index in [0.717, 1.165) is 5.75 Å². The second-order valence-corrected chi connectivity index (χ2v) is 9.30. The largest absolute Gasteiger partial charge is 0.494 e. The molecule has 0 aromatic heterocycles. The third-order valence-corrected chi connectivity index (χ3v) is 6.89. The SMILES string of the molecule is CCOc1ccc(S(=O)(=O)N(C)c2ccc(OCC(=O)NC3=NCCS3)cc2)cc1. The number of amidine groups is 1. The van der Waals surface area contributed by atoms with Gasteiger partial charge in [-0.2, -0.15) is 0 Å². The number of sulfonamides is 1. The van der Waals surface area contributed by atoms with E-state index in [4.69, 9.17) is 9.47 Å². The van der Waals surface area contributed by atoms with Gasteiger partial charge in [0, 0.05) is 12.8 Å². The van der Waals surface area contributed by atoms with Crippen LogP contribution in [0.15, 0.2) is 58.4 Å². The monoisotopic (exact) mass is 449 g/mol. The van der Waals surface area contributed by atoms with Gasteiger partial charge in [0.2, 0.25) is 0 Å². The van der Waals surface area contributed by atoms with Gasteiger partial charge in [0.05, 0.1) is 23.7 Å². The second kappa shape index (κ2) is 9.86. The third-order valence-electron chi connectivity index (χ3n) is 4.20. The molecular formula is C20H23N3O5S2. The minimum Gasteiger partial charge on any atom is -0.494 e. The molecule has 0 aliphatic carbocycles. The van der Waals surface area contributed by atoms with Crippen molar-refractivity contribution in [2.75, 3.05) is 36.9 Å². The highest BCUT2D eigenvalue weighted by Crippen LogP contribution is 2.25. The summed E-state index contributed by atoms with van der Waals surface area (Å²) in [7, 11) is -2.24. The lowest BCUT2D eigenvalue weighted by atomic mass is 10.3. The van der Waals surface area contributed by atoms with E-state index in [0.29, 0.717) is 35.5 Å². The van der Waals surface area contributed by atoms with Crippen molar-refractivity contribution in [3.63, 3.8) is 0 Å². The number of nitrogens with one attached hydrogen (secondary N) is 1. The van der Waals surface area contributed by atoms with Crippen molar-refractivity contribution in [2.24, 2.45) is 4.99 Å². The Balaban J connectivity index is 1.60. The summed E-state index contributed by atoms with van der Waals surface area (Å²) in [4.78, 5) is 16.2. The molecule has 0 fully saturated rings. The number of anilines is 1. The van der Waals surface area contributed by atoms with Crippen molar-refractivity contribution in [3.05, 3.63) is 48.5 Å². The van der Waals surface area contributed by atoms with E-state index in [1.807, 2.05) is 6.92 Å². The highest BCUT2D eigenvalue weighted by molar-refractivity contribution is 8.14.